The zero-order valence-electron chi connectivity index (χ0n) is 77.0. The van der Waals surface area contributed by atoms with E-state index in [9.17, 15) is 43.2 Å². The van der Waals surface area contributed by atoms with Gasteiger partial charge < -0.3 is 33.8 Å². The summed E-state index contributed by atoms with van der Waals surface area (Å²) in [5.41, 5.74) is 0. The number of carbonyl (C=O) groups is 4. The standard InChI is InChI=1S/C97H190O17P2/c1-8-10-11-12-13-14-15-16-17-18-19-20-21-29-34-39-44-51-59-66-73-81-97(102)114-93(85-108-95(100)79-72-65-58-53-46-48-55-62-69-76-89(5)6)87-112-116(105,106)110-83-91(98)82-109-115(103,104)111-86-92(84-107-94(99)78-71-64-57-50-43-38-33-28-24-22-26-31-36-41-47-54-61-68-75-88(3)4)113-96(101)80-74-67-60-52-45-40-35-30-25-23-27-32-37-42-49-56-63-70-77-90(7)9-2/h88-93,98H,8-87H2,1-7H3,(H,103,104)(H,105,106)/t90?,91-,92-,93-/m1/s1. The Kier molecular flexibility index (Phi) is 85.1. The summed E-state index contributed by atoms with van der Waals surface area (Å²) >= 11 is 0. The fraction of sp³-hybridized carbons (Fsp3) is 0.959. The van der Waals surface area contributed by atoms with E-state index in [1.807, 2.05) is 0 Å². The second-order valence-corrected chi connectivity index (χ2v) is 38.9. The van der Waals surface area contributed by atoms with Crippen LogP contribution in [0.4, 0.5) is 0 Å². The van der Waals surface area contributed by atoms with Crippen molar-refractivity contribution in [1.82, 2.24) is 0 Å². The summed E-state index contributed by atoms with van der Waals surface area (Å²) in [6.07, 6.45) is 82.1. The molecule has 0 aromatic heterocycles. The van der Waals surface area contributed by atoms with Crippen molar-refractivity contribution in [2.75, 3.05) is 39.6 Å². The first-order chi connectivity index (χ1) is 56.3. The lowest BCUT2D eigenvalue weighted by atomic mass is 9.99. The average molecular weight is 1690 g/mol. The molecule has 0 fully saturated rings. The molecule has 0 bridgehead atoms. The molecule has 6 atom stereocenters. The average Bonchev–Trinajstić information content (AvgIpc) is 0.896. The third-order valence-electron chi connectivity index (χ3n) is 23.2. The Hall–Kier alpha value is -1.94. The van der Waals surface area contributed by atoms with Crippen molar-refractivity contribution in [1.29, 1.82) is 0 Å². The molecule has 3 N–H and O–H groups in total. The summed E-state index contributed by atoms with van der Waals surface area (Å²) in [5.74, 6) is 0.345. The first-order valence-electron chi connectivity index (χ1n) is 49.9. The lowest BCUT2D eigenvalue weighted by molar-refractivity contribution is -0.161. The fourth-order valence-corrected chi connectivity index (χ4v) is 16.9. The molecule has 0 aliphatic heterocycles. The van der Waals surface area contributed by atoms with Gasteiger partial charge in [0.25, 0.3) is 0 Å². The highest BCUT2D eigenvalue weighted by Crippen LogP contribution is 2.45. The Morgan fingerprint density at radius 3 is 0.655 bits per heavy atom. The van der Waals surface area contributed by atoms with E-state index in [2.05, 4.69) is 48.5 Å². The Balaban J connectivity index is 5.24. The van der Waals surface area contributed by atoms with Crippen LogP contribution in [0, 0.1) is 17.8 Å². The minimum absolute atomic E-state index is 0.109. The van der Waals surface area contributed by atoms with E-state index in [0.29, 0.717) is 25.7 Å². The van der Waals surface area contributed by atoms with Crippen molar-refractivity contribution in [3.8, 4) is 0 Å². The third-order valence-corrected chi connectivity index (χ3v) is 25.1. The molecule has 0 aliphatic carbocycles. The van der Waals surface area contributed by atoms with Gasteiger partial charge in [-0.1, -0.05) is 472 Å². The molecule has 0 rings (SSSR count). The van der Waals surface area contributed by atoms with Crippen molar-refractivity contribution in [2.24, 2.45) is 17.8 Å². The summed E-state index contributed by atoms with van der Waals surface area (Å²) in [5, 5.41) is 10.7. The first kappa shape index (κ1) is 114. The van der Waals surface area contributed by atoms with Crippen molar-refractivity contribution in [3.63, 3.8) is 0 Å². The summed E-state index contributed by atoms with van der Waals surface area (Å²) in [6, 6.07) is 0. The van der Waals surface area contributed by atoms with Crippen LogP contribution in [0.25, 0.3) is 0 Å². The summed E-state index contributed by atoms with van der Waals surface area (Å²) in [7, 11) is -9.95. The number of phosphoric acid groups is 2. The Morgan fingerprint density at radius 1 is 0.250 bits per heavy atom. The molecular formula is C97H190O17P2. The van der Waals surface area contributed by atoms with E-state index in [1.165, 1.54) is 334 Å². The lowest BCUT2D eigenvalue weighted by Gasteiger charge is -2.21. The molecule has 0 aromatic carbocycles. The van der Waals surface area contributed by atoms with E-state index in [-0.39, 0.29) is 25.7 Å². The number of phosphoric ester groups is 2. The van der Waals surface area contributed by atoms with Crippen LogP contribution in [-0.2, 0) is 65.4 Å². The van der Waals surface area contributed by atoms with Crippen LogP contribution < -0.4 is 0 Å². The Bertz CT molecular complexity index is 2220. The number of hydrogen-bond donors (Lipinski definition) is 3. The lowest BCUT2D eigenvalue weighted by Crippen LogP contribution is -2.30. The summed E-state index contributed by atoms with van der Waals surface area (Å²) in [4.78, 5) is 73.6. The minimum Gasteiger partial charge on any atom is -0.462 e. The molecule has 116 heavy (non-hydrogen) atoms. The number of unbranched alkanes of at least 4 members (excludes halogenated alkanes) is 62. The maximum absolute atomic E-state index is 13.2. The van der Waals surface area contributed by atoms with Gasteiger partial charge in [0.05, 0.1) is 26.4 Å². The van der Waals surface area contributed by atoms with Gasteiger partial charge in [-0.2, -0.15) is 0 Å². The molecule has 0 aromatic rings. The van der Waals surface area contributed by atoms with Gasteiger partial charge in [0, 0.05) is 25.7 Å². The second kappa shape index (κ2) is 86.6. The smallest absolute Gasteiger partial charge is 0.462 e. The summed E-state index contributed by atoms with van der Waals surface area (Å²) < 4.78 is 69.3. The normalized spacial score (nSPS) is 13.9. The Morgan fingerprint density at radius 2 is 0.440 bits per heavy atom. The van der Waals surface area contributed by atoms with Crippen LogP contribution in [-0.4, -0.2) is 96.7 Å². The maximum Gasteiger partial charge on any atom is 0.472 e. The van der Waals surface area contributed by atoms with E-state index < -0.39 is 97.5 Å². The van der Waals surface area contributed by atoms with Crippen molar-refractivity contribution < 1.29 is 80.2 Å². The number of ether oxygens (including phenoxy) is 4. The number of hydrogen-bond acceptors (Lipinski definition) is 15. The van der Waals surface area contributed by atoms with Crippen molar-refractivity contribution >= 4 is 39.5 Å². The van der Waals surface area contributed by atoms with Crippen LogP contribution in [0.15, 0.2) is 0 Å². The largest absolute Gasteiger partial charge is 0.472 e. The van der Waals surface area contributed by atoms with Crippen LogP contribution in [0.5, 0.6) is 0 Å². The molecule has 0 aliphatic rings. The van der Waals surface area contributed by atoms with Gasteiger partial charge in [0.1, 0.15) is 19.3 Å². The SMILES string of the molecule is CCCCCCCCCCCCCCCCCCCCCCCC(=O)O[C@H](COC(=O)CCCCCCCCCCCC(C)C)COP(=O)(O)OC[C@H](O)COP(=O)(O)OC[C@@H](COC(=O)CCCCCCCCCCCCCCCCCCCCC(C)C)OC(=O)CCCCCCCCCCCCCCCCCCCCC(C)CC. The minimum atomic E-state index is -4.97. The first-order valence-corrected chi connectivity index (χ1v) is 52.9. The highest BCUT2D eigenvalue weighted by Gasteiger charge is 2.31. The number of rotatable bonds is 95. The molecule has 0 heterocycles. The quantitative estimate of drug-likeness (QED) is 0.0222. The highest BCUT2D eigenvalue weighted by atomic mass is 31.2. The second-order valence-electron chi connectivity index (χ2n) is 36.0. The highest BCUT2D eigenvalue weighted by molar-refractivity contribution is 7.47. The zero-order valence-corrected chi connectivity index (χ0v) is 78.8. The van der Waals surface area contributed by atoms with Gasteiger partial charge >= 0.3 is 39.5 Å². The molecule has 17 nitrogen and oxygen atoms in total. The number of esters is 4. The number of aliphatic hydroxyl groups excluding tert-OH is 1. The van der Waals surface area contributed by atoms with Crippen molar-refractivity contribution in [2.45, 2.75) is 542 Å². The molecule has 3 unspecified atom stereocenters. The Labute approximate surface area is 715 Å². The van der Waals surface area contributed by atoms with Gasteiger partial charge in [0.2, 0.25) is 0 Å². The monoisotopic (exact) mass is 1690 g/mol. The van der Waals surface area contributed by atoms with E-state index in [0.717, 1.165) is 108 Å². The molecular weight excluding hydrogens is 1500 g/mol. The van der Waals surface area contributed by atoms with E-state index >= 15 is 0 Å². The molecule has 0 amide bonds. The van der Waals surface area contributed by atoms with Crippen LogP contribution in [0.2, 0.25) is 0 Å². The predicted octanol–water partition coefficient (Wildman–Crippen LogP) is 30.4. The van der Waals surface area contributed by atoms with E-state index in [4.69, 9.17) is 37.0 Å². The third kappa shape index (κ3) is 88.4. The van der Waals surface area contributed by atoms with Crippen LogP contribution in [0.1, 0.15) is 524 Å². The van der Waals surface area contributed by atoms with Crippen LogP contribution in [0.3, 0.4) is 0 Å². The zero-order chi connectivity index (χ0) is 85.0. The fourth-order valence-electron chi connectivity index (χ4n) is 15.3. The van der Waals surface area contributed by atoms with Gasteiger partial charge in [-0.15, -0.1) is 0 Å². The molecule has 690 valence electrons. The molecule has 0 saturated heterocycles. The molecule has 0 spiro atoms. The van der Waals surface area contributed by atoms with Crippen molar-refractivity contribution in [3.05, 3.63) is 0 Å². The van der Waals surface area contributed by atoms with Gasteiger partial charge in [0.15, 0.2) is 12.2 Å². The molecule has 0 radical (unpaired) electrons. The number of carbonyl (C=O) groups excluding carboxylic acids is 4. The van der Waals surface area contributed by atoms with Gasteiger partial charge in [-0.05, 0) is 43.4 Å². The molecule has 19 heteroatoms. The predicted molar refractivity (Wildman–Crippen MR) is 483 cm³/mol. The molecule has 0 saturated carbocycles. The van der Waals surface area contributed by atoms with Gasteiger partial charge in [-0.25, -0.2) is 9.13 Å². The summed E-state index contributed by atoms with van der Waals surface area (Å²) in [6.45, 7) is 12.1. The van der Waals surface area contributed by atoms with E-state index in [1.54, 1.807) is 0 Å². The topological polar surface area (TPSA) is 237 Å². The number of aliphatic hydroxyl groups is 1. The van der Waals surface area contributed by atoms with Gasteiger partial charge in [-0.3, -0.25) is 37.3 Å². The van der Waals surface area contributed by atoms with Crippen LogP contribution >= 0.6 is 15.6 Å². The maximum atomic E-state index is 13.2.